The number of benzene rings is 13. The number of fused-ring (bicyclic) bond motifs is 10. The summed E-state index contributed by atoms with van der Waals surface area (Å²) < 4.78 is 0. The van der Waals surface area contributed by atoms with Crippen LogP contribution in [0.3, 0.4) is 0 Å². The molecule has 2 aliphatic heterocycles. The average Bonchev–Trinajstić information content (AvgIpc) is 1.58. The second-order valence-electron chi connectivity index (χ2n) is 29.4. The van der Waals surface area contributed by atoms with Crippen LogP contribution < -0.4 is 9.80 Å². The lowest BCUT2D eigenvalue weighted by Gasteiger charge is -2.34. The second-order valence-corrected chi connectivity index (χ2v) is 29.4. The van der Waals surface area contributed by atoms with Crippen LogP contribution in [0.25, 0.3) is 43.5 Å². The molecule has 0 saturated heterocycles. The van der Waals surface area contributed by atoms with Crippen LogP contribution >= 0.6 is 0 Å². The highest BCUT2D eigenvalue weighted by atomic mass is 15.2. The summed E-state index contributed by atoms with van der Waals surface area (Å²) in [7, 11) is 4.53. The van der Waals surface area contributed by atoms with Gasteiger partial charge in [0.15, 0.2) is 0 Å². The van der Waals surface area contributed by atoms with E-state index in [9.17, 15) is 0 Å². The van der Waals surface area contributed by atoms with E-state index in [1.807, 2.05) is 0 Å². The quantitative estimate of drug-likeness (QED) is 0.0951. The summed E-state index contributed by atoms with van der Waals surface area (Å²) in [5.74, 6) is 0. The fraction of sp³-hybridized carbons (Fsp3) is 0.160. The molecular weight excluding hydrogens is 1230 g/mol. The van der Waals surface area contributed by atoms with Gasteiger partial charge < -0.3 is 9.80 Å². The molecule has 2 heterocycles. The first-order valence-electron chi connectivity index (χ1n) is 36.5. The predicted molar refractivity (Wildman–Crippen MR) is 434 cm³/mol. The van der Waals surface area contributed by atoms with Crippen LogP contribution in [0.4, 0.5) is 11.4 Å². The van der Waals surface area contributed by atoms with E-state index in [0.717, 1.165) is 38.5 Å². The van der Waals surface area contributed by atoms with Crippen molar-refractivity contribution >= 4 is 54.8 Å². The van der Waals surface area contributed by atoms with E-state index in [1.165, 1.54) is 144 Å². The minimum absolute atomic E-state index is 0.174. The molecule has 2 unspecified atom stereocenters. The molecule has 0 aromatic heterocycles. The molecule has 498 valence electrons. The van der Waals surface area contributed by atoms with Gasteiger partial charge in [0, 0.05) is 58.2 Å². The summed E-state index contributed by atoms with van der Waals surface area (Å²) in [6, 6.07) is 116. The third kappa shape index (κ3) is 11.7. The lowest BCUT2D eigenvalue weighted by atomic mass is 9.70. The van der Waals surface area contributed by atoms with E-state index in [1.54, 1.807) is 0 Å². The maximum atomic E-state index is 2.50. The Kier molecular flexibility index (Phi) is 17.5. The first-order chi connectivity index (χ1) is 49.9. The van der Waals surface area contributed by atoms with E-state index < -0.39 is 0 Å². The summed E-state index contributed by atoms with van der Waals surface area (Å²) in [6.45, 7) is 9.58. The van der Waals surface area contributed by atoms with Gasteiger partial charge in [0.05, 0.1) is 5.69 Å². The third-order valence-corrected chi connectivity index (χ3v) is 23.2. The summed E-state index contributed by atoms with van der Waals surface area (Å²) in [4.78, 5) is 4.93. The van der Waals surface area contributed by atoms with E-state index in [-0.39, 0.29) is 21.7 Å². The molecule has 17 rings (SSSR count). The number of para-hydroxylation sites is 1. The number of nitrogens with zero attached hydrogens (tertiary/aromatic N) is 2. The number of rotatable bonds is 16. The van der Waals surface area contributed by atoms with Gasteiger partial charge in [0.1, 0.15) is 0 Å². The first kappa shape index (κ1) is 65.3. The molecule has 4 aliphatic rings. The number of hydrogen-bond acceptors (Lipinski definition) is 2. The highest BCUT2D eigenvalue weighted by Gasteiger charge is 2.49. The minimum Gasteiger partial charge on any atom is -0.347 e. The molecule has 0 bridgehead atoms. The standard InChI is InChI=1S/C52H45N.C48H43N/c1-37-43-32-30-41-24-13-15-26-44(41)49(43)51(2,34-38-18-7-4-8-19-38)46(37)28-17-29-48-52(35-39-20-9-5-10-21-39,36-40-22-11-6-12-23-40)47-33-31-42-25-14-16-27-45(42)50(47)53(48)3;1-35-40-31-30-39-24-13-14-25-41(39)46(40)47(2,32-36-18-7-4-8-19-36)42(35)27-17-29-45-48(33-37-20-9-5-10-21-37,34-38-22-11-6-12-23-38)43-26-15-16-28-44(43)49(45)3/h4-33H,34-36H2,1-3H3;4-31H,32-34H2,1-3H3/b28-17+,48-29+;27-17+,45-29+. The topological polar surface area (TPSA) is 6.48 Å². The van der Waals surface area contributed by atoms with E-state index in [4.69, 9.17) is 0 Å². The molecule has 2 aliphatic carbocycles. The highest BCUT2D eigenvalue weighted by Crippen LogP contribution is 2.57. The van der Waals surface area contributed by atoms with Crippen molar-refractivity contribution in [1.82, 2.24) is 0 Å². The Morgan fingerprint density at radius 2 is 0.608 bits per heavy atom. The lowest BCUT2D eigenvalue weighted by Crippen LogP contribution is -2.34. The Balaban J connectivity index is 0.000000158. The number of allylic oxidation sites excluding steroid dienone is 12. The van der Waals surface area contributed by atoms with Gasteiger partial charge in [-0.25, -0.2) is 0 Å². The van der Waals surface area contributed by atoms with Crippen LogP contribution in [0, 0.1) is 0 Å². The van der Waals surface area contributed by atoms with Crippen LogP contribution in [-0.4, -0.2) is 14.1 Å². The Hall–Kier alpha value is -11.3. The molecule has 0 fully saturated rings. The normalized spacial score (nSPS) is 18.6. The maximum absolute atomic E-state index is 2.50. The smallest absolute Gasteiger partial charge is 0.0528 e. The zero-order valence-corrected chi connectivity index (χ0v) is 59.6. The van der Waals surface area contributed by atoms with Crippen LogP contribution in [0.5, 0.6) is 0 Å². The van der Waals surface area contributed by atoms with Gasteiger partial charge >= 0.3 is 0 Å². The fourth-order valence-corrected chi connectivity index (χ4v) is 18.7. The SMILES string of the molecule is CC1=C(/C=C/C=C2/N(C)c3c(ccc4ccccc34)C2(Cc2ccccc2)Cc2ccccc2)C(C)(Cc2ccccc2)c2c1ccc1ccccc21.CC1=C(/C=C/C=C2/N(C)c3ccccc3C2(Cc2ccccc2)Cc2ccccc2)C(C)(Cc2ccccc2)c2c1ccc1ccccc21. The summed E-state index contributed by atoms with van der Waals surface area (Å²) in [6.07, 6.45) is 20.0. The van der Waals surface area contributed by atoms with Crippen molar-refractivity contribution in [2.45, 2.75) is 87.9 Å². The van der Waals surface area contributed by atoms with Gasteiger partial charge in [0.2, 0.25) is 0 Å². The summed E-state index contributed by atoms with van der Waals surface area (Å²) >= 11 is 0. The van der Waals surface area contributed by atoms with Crippen molar-refractivity contribution in [1.29, 1.82) is 0 Å². The minimum atomic E-state index is -0.271. The number of likely N-dealkylation sites (N-methyl/N-ethyl adjacent to an activating group) is 2. The van der Waals surface area contributed by atoms with Crippen LogP contribution in [0.2, 0.25) is 0 Å². The van der Waals surface area contributed by atoms with Crippen molar-refractivity contribution in [2.24, 2.45) is 0 Å². The second kappa shape index (κ2) is 27.3. The Morgan fingerprint density at radius 1 is 0.294 bits per heavy atom. The highest BCUT2D eigenvalue weighted by molar-refractivity contribution is 6.01. The van der Waals surface area contributed by atoms with Crippen LogP contribution in [-0.2, 0) is 60.2 Å². The molecule has 0 saturated carbocycles. The Morgan fingerprint density at radius 3 is 1.02 bits per heavy atom. The maximum Gasteiger partial charge on any atom is 0.0528 e. The molecule has 0 radical (unpaired) electrons. The number of hydrogen-bond donors (Lipinski definition) is 0. The van der Waals surface area contributed by atoms with Gasteiger partial charge in [-0.3, -0.25) is 0 Å². The van der Waals surface area contributed by atoms with Crippen molar-refractivity contribution in [3.8, 4) is 0 Å². The fourth-order valence-electron chi connectivity index (χ4n) is 18.7. The van der Waals surface area contributed by atoms with Gasteiger partial charge in [0.25, 0.3) is 0 Å². The van der Waals surface area contributed by atoms with Crippen molar-refractivity contribution in [3.05, 3.63) is 441 Å². The zero-order chi connectivity index (χ0) is 69.4. The van der Waals surface area contributed by atoms with Crippen molar-refractivity contribution in [2.75, 3.05) is 23.9 Å². The van der Waals surface area contributed by atoms with Gasteiger partial charge in [-0.05, 0) is 187 Å². The van der Waals surface area contributed by atoms with Gasteiger partial charge in [-0.15, -0.1) is 0 Å². The molecule has 102 heavy (non-hydrogen) atoms. The Bertz CT molecular complexity index is 5380. The number of anilines is 2. The molecule has 2 heteroatoms. The van der Waals surface area contributed by atoms with Crippen LogP contribution in [0.1, 0.15) is 94.5 Å². The molecular formula is C100H88N2. The monoisotopic (exact) mass is 1320 g/mol. The largest absolute Gasteiger partial charge is 0.347 e. The van der Waals surface area contributed by atoms with E-state index in [2.05, 4.69) is 403 Å². The Labute approximate surface area is 604 Å². The predicted octanol–water partition coefficient (Wildman–Crippen LogP) is 24.0. The molecule has 0 N–H and O–H groups in total. The molecule has 2 nitrogen and oxygen atoms in total. The van der Waals surface area contributed by atoms with E-state index in [0.29, 0.717) is 0 Å². The molecule has 0 amide bonds. The molecule has 13 aromatic carbocycles. The molecule has 2 atom stereocenters. The summed E-state index contributed by atoms with van der Waals surface area (Å²) in [5, 5.41) is 7.89. The van der Waals surface area contributed by atoms with Crippen molar-refractivity contribution < 1.29 is 0 Å². The lowest BCUT2D eigenvalue weighted by molar-refractivity contribution is 0.507. The van der Waals surface area contributed by atoms with Gasteiger partial charge in [-0.1, -0.05) is 348 Å². The molecule has 0 spiro atoms. The zero-order valence-electron chi connectivity index (χ0n) is 59.6. The van der Waals surface area contributed by atoms with Gasteiger partial charge in [-0.2, -0.15) is 0 Å². The third-order valence-electron chi connectivity index (χ3n) is 23.2. The van der Waals surface area contributed by atoms with Crippen LogP contribution in [0.15, 0.2) is 374 Å². The van der Waals surface area contributed by atoms with Crippen molar-refractivity contribution in [3.63, 3.8) is 0 Å². The summed E-state index contributed by atoms with van der Waals surface area (Å²) in [5.41, 5.74) is 26.5. The van der Waals surface area contributed by atoms with E-state index >= 15 is 0 Å². The first-order valence-corrected chi connectivity index (χ1v) is 36.5. The molecule has 13 aromatic rings. The average molecular weight is 1320 g/mol.